The molecule has 4 rings (SSSR count). The van der Waals surface area contributed by atoms with Crippen molar-refractivity contribution in [2.45, 2.75) is 26.2 Å². The largest absolute Gasteiger partial charge is 0.357 e. The summed E-state index contributed by atoms with van der Waals surface area (Å²) in [6.07, 6.45) is 6.74. The van der Waals surface area contributed by atoms with E-state index < -0.39 is 0 Å². The van der Waals surface area contributed by atoms with Crippen LogP contribution < -0.4 is 10.6 Å². The van der Waals surface area contributed by atoms with Gasteiger partial charge in [0.15, 0.2) is 5.96 Å². The molecule has 0 aromatic heterocycles. The summed E-state index contributed by atoms with van der Waals surface area (Å²) >= 11 is 0. The number of halogens is 2. The maximum atomic E-state index is 13.2. The number of rotatable bonds is 8. The molecule has 2 bridgehead atoms. The van der Waals surface area contributed by atoms with E-state index >= 15 is 0 Å². The normalized spacial score (nSPS) is 26.3. The number of nitrogens with zero attached hydrogens (tertiary/aromatic N) is 2. The second-order valence-electron chi connectivity index (χ2n) is 8.25. The molecule has 1 heterocycles. The molecule has 4 unspecified atom stereocenters. The van der Waals surface area contributed by atoms with Crippen LogP contribution in [0.25, 0.3) is 0 Å². The van der Waals surface area contributed by atoms with E-state index in [1.807, 2.05) is 13.0 Å². The number of aliphatic imine (C=N–C) groups is 1. The molecule has 8 heteroatoms. The molecule has 6 nitrogen and oxygen atoms in total. The lowest BCUT2D eigenvalue weighted by Crippen LogP contribution is -2.43. The standard InChI is InChI=1S/C23H29FN4O2.HI/c1-2-25-23(26-10-4-6-15-5-3-7-18(24)13-15)27-11-12-28-21(29)19-16-8-9-17(14-16)20(19)22(28)30;/h3,5,7-9,13,16-17,19-20H,2,4,6,10-12,14H2,1H3,(H2,25,26,27);1H. The molecule has 168 valence electrons. The summed E-state index contributed by atoms with van der Waals surface area (Å²) < 4.78 is 13.2. The van der Waals surface area contributed by atoms with Gasteiger partial charge in [-0.1, -0.05) is 24.3 Å². The highest BCUT2D eigenvalue weighted by Gasteiger charge is 2.58. The fourth-order valence-corrected chi connectivity index (χ4v) is 4.98. The van der Waals surface area contributed by atoms with E-state index in [1.165, 1.54) is 11.0 Å². The van der Waals surface area contributed by atoms with Gasteiger partial charge in [0.05, 0.1) is 11.8 Å². The molecule has 2 aliphatic carbocycles. The van der Waals surface area contributed by atoms with Crippen LogP contribution in [0.3, 0.4) is 0 Å². The number of guanidine groups is 1. The molecule has 0 radical (unpaired) electrons. The van der Waals surface area contributed by atoms with E-state index in [0.717, 1.165) is 31.4 Å². The molecule has 1 saturated heterocycles. The third-order valence-corrected chi connectivity index (χ3v) is 6.32. The van der Waals surface area contributed by atoms with Crippen molar-refractivity contribution in [2.24, 2.45) is 28.7 Å². The predicted octanol–water partition coefficient (Wildman–Crippen LogP) is 2.74. The SMILES string of the molecule is CCNC(=NCCCc1cccc(F)c1)NCCN1C(=O)C2C3C=CC(C3)C2C1=O.I. The van der Waals surface area contributed by atoms with Gasteiger partial charge in [-0.25, -0.2) is 4.39 Å². The van der Waals surface area contributed by atoms with Crippen LogP contribution >= 0.6 is 24.0 Å². The number of nitrogens with one attached hydrogen (secondary N) is 2. The lowest BCUT2D eigenvalue weighted by Gasteiger charge is -2.18. The maximum Gasteiger partial charge on any atom is 0.233 e. The van der Waals surface area contributed by atoms with Crippen molar-refractivity contribution in [2.75, 3.05) is 26.2 Å². The van der Waals surface area contributed by atoms with Gasteiger partial charge in [0.2, 0.25) is 11.8 Å². The van der Waals surface area contributed by atoms with Gasteiger partial charge in [-0.3, -0.25) is 19.5 Å². The number of hydrogen-bond donors (Lipinski definition) is 2. The third kappa shape index (κ3) is 5.10. The summed E-state index contributed by atoms with van der Waals surface area (Å²) in [6.45, 7) is 4.14. The zero-order valence-electron chi connectivity index (χ0n) is 17.7. The summed E-state index contributed by atoms with van der Waals surface area (Å²) in [7, 11) is 0. The minimum absolute atomic E-state index is 0. The number of benzene rings is 1. The van der Waals surface area contributed by atoms with Crippen molar-refractivity contribution < 1.29 is 14.0 Å². The van der Waals surface area contributed by atoms with Crippen molar-refractivity contribution in [3.05, 3.63) is 47.8 Å². The van der Waals surface area contributed by atoms with E-state index in [4.69, 9.17) is 0 Å². The number of carbonyl (C=O) groups is 2. The van der Waals surface area contributed by atoms with E-state index in [0.29, 0.717) is 25.6 Å². The minimum Gasteiger partial charge on any atom is -0.357 e. The van der Waals surface area contributed by atoms with E-state index in [1.54, 1.807) is 12.1 Å². The Morgan fingerprint density at radius 2 is 1.87 bits per heavy atom. The van der Waals surface area contributed by atoms with Crippen LogP contribution in [0.2, 0.25) is 0 Å². The van der Waals surface area contributed by atoms with Crippen LogP contribution in [0.1, 0.15) is 25.3 Å². The lowest BCUT2D eigenvalue weighted by atomic mass is 9.85. The van der Waals surface area contributed by atoms with Crippen LogP contribution in [0.5, 0.6) is 0 Å². The van der Waals surface area contributed by atoms with Crippen molar-refractivity contribution in [3.8, 4) is 0 Å². The molecule has 31 heavy (non-hydrogen) atoms. The molecule has 4 atom stereocenters. The Kier molecular flexibility index (Phi) is 8.07. The Morgan fingerprint density at radius 3 is 2.52 bits per heavy atom. The summed E-state index contributed by atoms with van der Waals surface area (Å²) in [5, 5.41) is 6.40. The quantitative estimate of drug-likeness (QED) is 0.133. The van der Waals surface area contributed by atoms with Gasteiger partial charge in [0, 0.05) is 26.2 Å². The van der Waals surface area contributed by atoms with Gasteiger partial charge in [-0.2, -0.15) is 0 Å². The Balaban J connectivity index is 0.00000272. The Hall–Kier alpha value is -1.97. The van der Waals surface area contributed by atoms with E-state index in [-0.39, 0.29) is 65.3 Å². The first-order valence-corrected chi connectivity index (χ1v) is 10.9. The van der Waals surface area contributed by atoms with Gasteiger partial charge < -0.3 is 10.6 Å². The number of fused-ring (bicyclic) bond motifs is 5. The number of amides is 2. The minimum atomic E-state index is -0.218. The predicted molar refractivity (Wildman–Crippen MR) is 129 cm³/mol. The van der Waals surface area contributed by atoms with Gasteiger partial charge in [0.1, 0.15) is 5.82 Å². The number of allylic oxidation sites excluding steroid dienone is 2. The van der Waals surface area contributed by atoms with Gasteiger partial charge in [-0.05, 0) is 55.7 Å². The van der Waals surface area contributed by atoms with Crippen LogP contribution in [-0.2, 0) is 16.0 Å². The molecule has 2 fully saturated rings. The number of imide groups is 1. The van der Waals surface area contributed by atoms with Crippen molar-refractivity contribution in [1.82, 2.24) is 15.5 Å². The molecule has 2 amide bonds. The van der Waals surface area contributed by atoms with Crippen molar-refractivity contribution in [1.29, 1.82) is 0 Å². The third-order valence-electron chi connectivity index (χ3n) is 6.32. The smallest absolute Gasteiger partial charge is 0.233 e. The van der Waals surface area contributed by atoms with Crippen LogP contribution in [-0.4, -0.2) is 48.9 Å². The highest BCUT2D eigenvalue weighted by molar-refractivity contribution is 14.0. The zero-order chi connectivity index (χ0) is 21.1. The molecule has 1 aromatic carbocycles. The second kappa shape index (κ2) is 10.6. The fraction of sp³-hybridized carbons (Fsp3) is 0.522. The molecular formula is C23H30FIN4O2. The average molecular weight is 540 g/mol. The Labute approximate surface area is 199 Å². The first kappa shape index (κ1) is 23.7. The summed E-state index contributed by atoms with van der Waals surface area (Å²) in [6, 6.07) is 6.63. The summed E-state index contributed by atoms with van der Waals surface area (Å²) in [5.41, 5.74) is 0.961. The monoisotopic (exact) mass is 540 g/mol. The van der Waals surface area contributed by atoms with E-state index in [9.17, 15) is 14.0 Å². The number of hydrogen-bond acceptors (Lipinski definition) is 3. The molecule has 1 aliphatic heterocycles. The van der Waals surface area contributed by atoms with Crippen LogP contribution in [0, 0.1) is 29.5 Å². The van der Waals surface area contributed by atoms with Gasteiger partial charge >= 0.3 is 0 Å². The zero-order valence-corrected chi connectivity index (χ0v) is 20.1. The van der Waals surface area contributed by atoms with Gasteiger partial charge in [-0.15, -0.1) is 24.0 Å². The van der Waals surface area contributed by atoms with Crippen molar-refractivity contribution in [3.63, 3.8) is 0 Å². The first-order valence-electron chi connectivity index (χ1n) is 10.9. The highest BCUT2D eigenvalue weighted by Crippen LogP contribution is 2.52. The number of aryl methyl sites for hydroxylation is 1. The molecule has 1 aromatic rings. The van der Waals surface area contributed by atoms with E-state index in [2.05, 4.69) is 27.8 Å². The Bertz CT molecular complexity index is 845. The maximum absolute atomic E-state index is 13.2. The lowest BCUT2D eigenvalue weighted by molar-refractivity contribution is -0.140. The Morgan fingerprint density at radius 1 is 1.16 bits per heavy atom. The van der Waals surface area contributed by atoms with Crippen LogP contribution in [0.15, 0.2) is 41.4 Å². The molecule has 1 saturated carbocycles. The summed E-state index contributed by atoms with van der Waals surface area (Å²) in [4.78, 5) is 31.4. The average Bonchev–Trinajstić information content (AvgIpc) is 3.41. The highest BCUT2D eigenvalue weighted by atomic mass is 127. The van der Waals surface area contributed by atoms with Crippen LogP contribution in [0.4, 0.5) is 4.39 Å². The molecule has 3 aliphatic rings. The fourth-order valence-electron chi connectivity index (χ4n) is 4.98. The first-order chi connectivity index (χ1) is 14.6. The second-order valence-corrected chi connectivity index (χ2v) is 8.25. The molecule has 2 N–H and O–H groups in total. The molecular weight excluding hydrogens is 510 g/mol. The summed E-state index contributed by atoms with van der Waals surface area (Å²) in [5.74, 6) is 0.622. The van der Waals surface area contributed by atoms with Crippen molar-refractivity contribution >= 4 is 41.8 Å². The van der Waals surface area contributed by atoms with Gasteiger partial charge in [0.25, 0.3) is 0 Å². The number of likely N-dealkylation sites (tertiary alicyclic amines) is 1. The number of carbonyl (C=O) groups excluding carboxylic acids is 2. The molecule has 0 spiro atoms. The topological polar surface area (TPSA) is 73.8 Å².